The van der Waals surface area contributed by atoms with Crippen molar-refractivity contribution in [1.29, 1.82) is 0 Å². The number of carbonyl (C=O) groups is 1. The van der Waals surface area contributed by atoms with Gasteiger partial charge in [0.1, 0.15) is 10.7 Å². The lowest BCUT2D eigenvalue weighted by Crippen LogP contribution is -2.25. The van der Waals surface area contributed by atoms with E-state index in [1.54, 1.807) is 10.6 Å². The molecule has 7 nitrogen and oxygen atoms in total. The fraction of sp³-hybridized carbons (Fsp3) is 0.435. The number of benzene rings is 1. The summed E-state index contributed by atoms with van der Waals surface area (Å²) in [4.78, 5) is 32.0. The Morgan fingerprint density at radius 3 is 2.94 bits per heavy atom. The Morgan fingerprint density at radius 2 is 2.06 bits per heavy atom. The summed E-state index contributed by atoms with van der Waals surface area (Å²) in [5.41, 5.74) is 1.47. The van der Waals surface area contributed by atoms with E-state index in [1.165, 1.54) is 11.3 Å². The van der Waals surface area contributed by atoms with Crippen LogP contribution < -0.4 is 20.3 Å². The third kappa shape index (κ3) is 3.86. The first-order valence-corrected chi connectivity index (χ1v) is 12.1. The molecule has 2 aromatic heterocycles. The molecule has 1 aromatic carbocycles. The second-order valence-corrected chi connectivity index (χ2v) is 9.58. The number of rotatable bonds is 3. The van der Waals surface area contributed by atoms with Gasteiger partial charge in [-0.05, 0) is 43.0 Å². The highest BCUT2D eigenvalue weighted by Gasteiger charge is 2.22. The highest BCUT2D eigenvalue weighted by atomic mass is 35.5. The molecule has 0 fully saturated rings. The van der Waals surface area contributed by atoms with Crippen LogP contribution in [0.2, 0.25) is 5.02 Å². The number of nitrogens with one attached hydrogen (secondary N) is 1. The Hall–Kier alpha value is -2.58. The van der Waals surface area contributed by atoms with E-state index in [9.17, 15) is 9.59 Å². The molecule has 0 saturated heterocycles. The number of aryl methyl sites for hydroxylation is 2. The van der Waals surface area contributed by atoms with Gasteiger partial charge in [-0.25, -0.2) is 4.98 Å². The van der Waals surface area contributed by atoms with Crippen molar-refractivity contribution in [3.8, 4) is 11.5 Å². The third-order valence-corrected chi connectivity index (χ3v) is 7.40. The predicted octanol–water partition coefficient (Wildman–Crippen LogP) is 4.24. The Balaban J connectivity index is 1.40. The molecular weight excluding hydrogens is 450 g/mol. The molecule has 0 aliphatic carbocycles. The SMILES string of the molecule is Cc1c(C(=O)NCc2cc(Cl)c3c(c2)OCCCO3)sc2nc3n(c(=O)c12)CCCCC3. The highest BCUT2D eigenvalue weighted by Crippen LogP contribution is 2.38. The van der Waals surface area contributed by atoms with E-state index in [2.05, 4.69) is 5.32 Å². The molecule has 2 aliphatic rings. The van der Waals surface area contributed by atoms with Crippen LogP contribution in [0, 0.1) is 6.92 Å². The minimum atomic E-state index is -0.228. The number of thiophene rings is 1. The van der Waals surface area contributed by atoms with E-state index >= 15 is 0 Å². The van der Waals surface area contributed by atoms with Gasteiger partial charge < -0.3 is 14.8 Å². The number of amides is 1. The van der Waals surface area contributed by atoms with Gasteiger partial charge in [-0.1, -0.05) is 18.0 Å². The van der Waals surface area contributed by atoms with E-state index in [4.69, 9.17) is 26.1 Å². The van der Waals surface area contributed by atoms with Crippen molar-refractivity contribution in [3.63, 3.8) is 0 Å². The van der Waals surface area contributed by atoms with Gasteiger partial charge in [0.25, 0.3) is 11.5 Å². The van der Waals surface area contributed by atoms with Gasteiger partial charge in [-0.3, -0.25) is 14.2 Å². The van der Waals surface area contributed by atoms with Crippen LogP contribution in [0.3, 0.4) is 0 Å². The van der Waals surface area contributed by atoms with Gasteiger partial charge in [-0.2, -0.15) is 0 Å². The summed E-state index contributed by atoms with van der Waals surface area (Å²) in [5.74, 6) is 1.74. The fourth-order valence-corrected chi connectivity index (χ4v) is 5.67. The summed E-state index contributed by atoms with van der Waals surface area (Å²) in [5, 5.41) is 3.97. The maximum atomic E-state index is 13.1. The first-order valence-electron chi connectivity index (χ1n) is 10.9. The molecule has 3 aromatic rings. The van der Waals surface area contributed by atoms with Gasteiger partial charge >= 0.3 is 0 Å². The van der Waals surface area contributed by atoms with Crippen LogP contribution in [0.5, 0.6) is 11.5 Å². The molecule has 0 spiro atoms. The molecular formula is C23H24ClN3O4S. The van der Waals surface area contributed by atoms with E-state index in [1.807, 2.05) is 13.0 Å². The van der Waals surface area contributed by atoms with Crippen molar-refractivity contribution in [2.45, 2.75) is 52.1 Å². The van der Waals surface area contributed by atoms with Crippen molar-refractivity contribution in [2.24, 2.45) is 0 Å². The lowest BCUT2D eigenvalue weighted by Gasteiger charge is -2.12. The van der Waals surface area contributed by atoms with Gasteiger partial charge in [0.2, 0.25) is 0 Å². The molecule has 0 radical (unpaired) electrons. The lowest BCUT2D eigenvalue weighted by atomic mass is 10.1. The Labute approximate surface area is 194 Å². The van der Waals surface area contributed by atoms with Crippen molar-refractivity contribution >= 4 is 39.1 Å². The zero-order valence-corrected chi connectivity index (χ0v) is 19.4. The Kier molecular flexibility index (Phi) is 5.82. The summed E-state index contributed by atoms with van der Waals surface area (Å²) in [6, 6.07) is 3.62. The molecule has 9 heteroatoms. The second kappa shape index (κ2) is 8.75. The molecule has 32 heavy (non-hydrogen) atoms. The van der Waals surface area contributed by atoms with E-state index in [0.717, 1.165) is 43.5 Å². The summed E-state index contributed by atoms with van der Waals surface area (Å²) >= 11 is 7.64. The maximum absolute atomic E-state index is 13.1. The number of nitrogens with zero attached hydrogens (tertiary/aromatic N) is 2. The smallest absolute Gasteiger partial charge is 0.262 e. The molecule has 4 heterocycles. The zero-order chi connectivity index (χ0) is 22.2. The molecule has 0 unspecified atom stereocenters. The zero-order valence-electron chi connectivity index (χ0n) is 17.8. The number of carbonyl (C=O) groups excluding carboxylic acids is 1. The fourth-order valence-electron chi connectivity index (χ4n) is 4.28. The molecule has 5 rings (SSSR count). The second-order valence-electron chi connectivity index (χ2n) is 8.17. The number of halogens is 1. The molecule has 0 saturated carbocycles. The van der Waals surface area contributed by atoms with E-state index < -0.39 is 0 Å². The van der Waals surface area contributed by atoms with Crippen LogP contribution in [0.25, 0.3) is 10.2 Å². The number of ether oxygens (including phenoxy) is 2. The van der Waals surface area contributed by atoms with E-state index in [-0.39, 0.29) is 18.0 Å². The Bertz CT molecular complexity index is 1270. The molecule has 0 bridgehead atoms. The number of fused-ring (bicyclic) bond motifs is 3. The minimum Gasteiger partial charge on any atom is -0.489 e. The molecule has 1 amide bonds. The molecule has 168 valence electrons. The topological polar surface area (TPSA) is 82.4 Å². The van der Waals surface area contributed by atoms with Gasteiger partial charge in [0.15, 0.2) is 11.5 Å². The first-order chi connectivity index (χ1) is 15.5. The van der Waals surface area contributed by atoms with Crippen LogP contribution in [-0.4, -0.2) is 28.7 Å². The third-order valence-electron chi connectivity index (χ3n) is 5.93. The quantitative estimate of drug-likeness (QED) is 0.615. The summed E-state index contributed by atoms with van der Waals surface area (Å²) in [6.07, 6.45) is 4.71. The monoisotopic (exact) mass is 473 g/mol. The molecule has 0 atom stereocenters. The Morgan fingerprint density at radius 1 is 1.22 bits per heavy atom. The highest BCUT2D eigenvalue weighted by molar-refractivity contribution is 7.20. The minimum absolute atomic E-state index is 0.0330. The van der Waals surface area contributed by atoms with Gasteiger partial charge in [0, 0.05) is 25.9 Å². The number of aromatic nitrogens is 2. The molecule has 1 N–H and O–H groups in total. The summed E-state index contributed by atoms with van der Waals surface area (Å²) in [6.45, 7) is 3.92. The predicted molar refractivity (Wildman–Crippen MR) is 124 cm³/mol. The average Bonchev–Trinajstić information content (AvgIpc) is 2.97. The van der Waals surface area contributed by atoms with Crippen molar-refractivity contribution in [1.82, 2.24) is 14.9 Å². The van der Waals surface area contributed by atoms with Gasteiger partial charge in [-0.15, -0.1) is 11.3 Å². The van der Waals surface area contributed by atoms with Crippen LogP contribution in [0.4, 0.5) is 0 Å². The lowest BCUT2D eigenvalue weighted by molar-refractivity contribution is 0.0954. The van der Waals surface area contributed by atoms with E-state index in [0.29, 0.717) is 56.9 Å². The van der Waals surface area contributed by atoms with Gasteiger partial charge in [0.05, 0.1) is 28.5 Å². The number of hydrogen-bond donors (Lipinski definition) is 1. The van der Waals surface area contributed by atoms with Crippen LogP contribution >= 0.6 is 22.9 Å². The normalized spacial score (nSPS) is 15.7. The van der Waals surface area contributed by atoms with Crippen LogP contribution in [-0.2, 0) is 19.5 Å². The summed E-state index contributed by atoms with van der Waals surface area (Å²) in [7, 11) is 0. The maximum Gasteiger partial charge on any atom is 0.262 e. The largest absolute Gasteiger partial charge is 0.489 e. The van der Waals surface area contributed by atoms with Crippen molar-refractivity contribution in [3.05, 3.63) is 49.3 Å². The van der Waals surface area contributed by atoms with Crippen LogP contribution in [0.1, 0.15) is 52.3 Å². The standard InChI is InChI=1S/C23H24ClN3O4S/c1-13-18-22(26-17-6-3-2-4-7-27(17)23(18)29)32-20(13)21(28)25-12-14-10-15(24)19-16(11-14)30-8-5-9-31-19/h10-11H,2-9,12H2,1H3,(H,25,28). The average molecular weight is 474 g/mol. The van der Waals surface area contributed by atoms with Crippen LogP contribution in [0.15, 0.2) is 16.9 Å². The van der Waals surface area contributed by atoms with Crippen molar-refractivity contribution < 1.29 is 14.3 Å². The van der Waals surface area contributed by atoms with Crippen molar-refractivity contribution in [2.75, 3.05) is 13.2 Å². The summed E-state index contributed by atoms with van der Waals surface area (Å²) < 4.78 is 13.2. The molecule has 2 aliphatic heterocycles. The number of hydrogen-bond acceptors (Lipinski definition) is 6. The first kappa shape index (κ1) is 21.3.